The third-order valence-electron chi connectivity index (χ3n) is 7.69. The molecule has 0 spiro atoms. The van der Waals surface area contributed by atoms with E-state index >= 15 is 0 Å². The summed E-state index contributed by atoms with van der Waals surface area (Å²) in [4.78, 5) is 25.6. The zero-order valence-corrected chi connectivity index (χ0v) is 20.1. The highest BCUT2D eigenvalue weighted by Crippen LogP contribution is 2.60. The first-order valence-corrected chi connectivity index (χ1v) is 13.1. The first-order valence-electron chi connectivity index (χ1n) is 11.7. The fourth-order valence-corrected chi connectivity index (χ4v) is 7.30. The van der Waals surface area contributed by atoms with Crippen molar-refractivity contribution in [1.82, 2.24) is 14.9 Å². The standard InChI is InChI=1S/C24H35N3O4S/c1-16(20-4-6-21(7-5-20)32(30,31)27(2)3)26-22(28)8-9-25-23(29)24-13-17-10-18(14-24)12-19(11-17)15-24/h4-7,16-19H,8-15H2,1-3H3,(H,25,29)(H,26,28). The van der Waals surface area contributed by atoms with Gasteiger partial charge >= 0.3 is 0 Å². The number of carbonyl (C=O) groups is 2. The van der Waals surface area contributed by atoms with Crippen LogP contribution < -0.4 is 10.6 Å². The van der Waals surface area contributed by atoms with Crippen LogP contribution in [-0.4, -0.2) is 45.2 Å². The van der Waals surface area contributed by atoms with Gasteiger partial charge in [-0.3, -0.25) is 9.59 Å². The Morgan fingerprint density at radius 2 is 1.56 bits per heavy atom. The number of carbonyl (C=O) groups excluding carboxylic acids is 2. The number of amides is 2. The third-order valence-corrected chi connectivity index (χ3v) is 9.52. The molecule has 2 N–H and O–H groups in total. The van der Waals surface area contributed by atoms with E-state index in [-0.39, 0.29) is 34.6 Å². The maximum Gasteiger partial charge on any atom is 0.242 e. The van der Waals surface area contributed by atoms with Crippen LogP contribution in [0, 0.1) is 23.2 Å². The summed E-state index contributed by atoms with van der Waals surface area (Å²) in [5.74, 6) is 2.17. The average Bonchev–Trinajstić information content (AvgIpc) is 2.72. The fourth-order valence-electron chi connectivity index (χ4n) is 6.40. The van der Waals surface area contributed by atoms with Crippen molar-refractivity contribution in [2.24, 2.45) is 23.2 Å². The molecule has 7 nitrogen and oxygen atoms in total. The predicted octanol–water partition coefficient (Wildman–Crippen LogP) is 2.84. The van der Waals surface area contributed by atoms with Crippen LogP contribution in [0.3, 0.4) is 0 Å². The number of sulfonamides is 1. The van der Waals surface area contributed by atoms with Gasteiger partial charge in [-0.05, 0) is 80.9 Å². The minimum absolute atomic E-state index is 0.131. The van der Waals surface area contributed by atoms with Gasteiger partial charge in [-0.1, -0.05) is 12.1 Å². The summed E-state index contributed by atoms with van der Waals surface area (Å²) in [6.07, 6.45) is 7.20. The number of nitrogens with zero attached hydrogens (tertiary/aromatic N) is 1. The molecule has 5 rings (SSSR count). The van der Waals surface area contributed by atoms with Crippen LogP contribution in [0.2, 0.25) is 0 Å². The van der Waals surface area contributed by atoms with Crippen LogP contribution in [0.15, 0.2) is 29.2 Å². The molecule has 0 radical (unpaired) electrons. The van der Waals surface area contributed by atoms with Gasteiger partial charge in [-0.2, -0.15) is 0 Å². The summed E-state index contributed by atoms with van der Waals surface area (Å²) in [6.45, 7) is 2.21. The van der Waals surface area contributed by atoms with E-state index in [2.05, 4.69) is 10.6 Å². The average molecular weight is 462 g/mol. The molecule has 4 saturated carbocycles. The molecule has 1 unspecified atom stereocenters. The Balaban J connectivity index is 1.25. The molecule has 1 aromatic carbocycles. The smallest absolute Gasteiger partial charge is 0.242 e. The number of hydrogen-bond acceptors (Lipinski definition) is 4. The predicted molar refractivity (Wildman–Crippen MR) is 122 cm³/mol. The molecule has 0 heterocycles. The second-order valence-electron chi connectivity index (χ2n) is 10.3. The number of rotatable bonds is 8. The Kier molecular flexibility index (Phi) is 6.38. The summed E-state index contributed by atoms with van der Waals surface area (Å²) >= 11 is 0. The van der Waals surface area contributed by atoms with Crippen molar-refractivity contribution in [3.63, 3.8) is 0 Å². The Hall–Kier alpha value is -1.93. The van der Waals surface area contributed by atoms with Crippen molar-refractivity contribution >= 4 is 21.8 Å². The second kappa shape index (κ2) is 8.78. The van der Waals surface area contributed by atoms with Crippen molar-refractivity contribution in [3.05, 3.63) is 29.8 Å². The summed E-state index contributed by atoms with van der Waals surface area (Å²) in [5, 5.41) is 5.98. The van der Waals surface area contributed by atoms with Crippen LogP contribution >= 0.6 is 0 Å². The summed E-state index contributed by atoms with van der Waals surface area (Å²) in [5.41, 5.74) is 0.640. The van der Waals surface area contributed by atoms with Crippen molar-refractivity contribution < 1.29 is 18.0 Å². The summed E-state index contributed by atoms with van der Waals surface area (Å²) in [7, 11) is -0.485. The molecule has 1 aromatic rings. The molecular weight excluding hydrogens is 426 g/mol. The molecule has 4 aliphatic rings. The number of benzene rings is 1. The molecule has 4 fully saturated rings. The van der Waals surface area contributed by atoms with Crippen LogP contribution in [0.5, 0.6) is 0 Å². The van der Waals surface area contributed by atoms with Crippen LogP contribution in [0.1, 0.15) is 63.5 Å². The summed E-state index contributed by atoms with van der Waals surface area (Å²) in [6, 6.07) is 6.29. The number of nitrogens with one attached hydrogen (secondary N) is 2. The largest absolute Gasteiger partial charge is 0.355 e. The zero-order valence-electron chi connectivity index (χ0n) is 19.3. The van der Waals surface area contributed by atoms with Crippen molar-refractivity contribution in [2.45, 2.75) is 62.8 Å². The van der Waals surface area contributed by atoms with Crippen LogP contribution in [0.4, 0.5) is 0 Å². The molecule has 4 bridgehead atoms. The Bertz CT molecular complexity index is 936. The van der Waals surface area contributed by atoms with Gasteiger partial charge in [0.05, 0.1) is 10.9 Å². The highest BCUT2D eigenvalue weighted by molar-refractivity contribution is 7.89. The lowest BCUT2D eigenvalue weighted by Gasteiger charge is -2.55. The van der Waals surface area contributed by atoms with E-state index in [1.807, 2.05) is 6.92 Å². The molecule has 32 heavy (non-hydrogen) atoms. The van der Waals surface area contributed by atoms with Crippen LogP contribution in [-0.2, 0) is 19.6 Å². The van der Waals surface area contributed by atoms with E-state index in [0.717, 1.165) is 42.6 Å². The lowest BCUT2D eigenvalue weighted by Crippen LogP contribution is -2.53. The molecule has 0 aromatic heterocycles. The van der Waals surface area contributed by atoms with Gasteiger partial charge in [0.1, 0.15) is 0 Å². The monoisotopic (exact) mass is 461 g/mol. The zero-order chi connectivity index (χ0) is 23.1. The molecule has 2 amide bonds. The van der Waals surface area contributed by atoms with E-state index < -0.39 is 10.0 Å². The highest BCUT2D eigenvalue weighted by atomic mass is 32.2. The number of hydrogen-bond donors (Lipinski definition) is 2. The maximum atomic E-state index is 13.0. The lowest BCUT2D eigenvalue weighted by molar-refractivity contribution is -0.146. The minimum atomic E-state index is -3.47. The van der Waals surface area contributed by atoms with Gasteiger partial charge in [0, 0.05) is 32.5 Å². The highest BCUT2D eigenvalue weighted by Gasteiger charge is 2.54. The van der Waals surface area contributed by atoms with Gasteiger partial charge in [0.2, 0.25) is 21.8 Å². The Morgan fingerprint density at radius 3 is 2.06 bits per heavy atom. The molecule has 176 valence electrons. The van der Waals surface area contributed by atoms with Gasteiger partial charge in [-0.15, -0.1) is 0 Å². The molecule has 0 aliphatic heterocycles. The fraction of sp³-hybridized carbons (Fsp3) is 0.667. The van der Waals surface area contributed by atoms with Crippen LogP contribution in [0.25, 0.3) is 0 Å². The minimum Gasteiger partial charge on any atom is -0.355 e. The molecule has 1 atom stereocenters. The first-order chi connectivity index (χ1) is 15.1. The van der Waals surface area contributed by atoms with E-state index in [0.29, 0.717) is 6.54 Å². The molecule has 0 saturated heterocycles. The van der Waals surface area contributed by atoms with E-state index in [1.165, 1.54) is 37.7 Å². The van der Waals surface area contributed by atoms with Gasteiger partial charge in [-0.25, -0.2) is 12.7 Å². The first kappa shape index (κ1) is 23.2. The topological polar surface area (TPSA) is 95.6 Å². The van der Waals surface area contributed by atoms with E-state index in [4.69, 9.17) is 0 Å². The maximum absolute atomic E-state index is 13.0. The Morgan fingerprint density at radius 1 is 1.03 bits per heavy atom. The van der Waals surface area contributed by atoms with Gasteiger partial charge in [0.25, 0.3) is 0 Å². The normalized spacial score (nSPS) is 29.7. The summed E-state index contributed by atoms with van der Waals surface area (Å²) < 4.78 is 25.5. The van der Waals surface area contributed by atoms with E-state index in [9.17, 15) is 18.0 Å². The SMILES string of the molecule is CC(NC(=O)CCNC(=O)C12CC3CC(CC(C3)C1)C2)c1ccc(S(=O)(=O)N(C)C)cc1. The van der Waals surface area contributed by atoms with E-state index in [1.54, 1.807) is 24.3 Å². The molecule has 8 heteroatoms. The quantitative estimate of drug-likeness (QED) is 0.622. The Labute approximate surface area is 191 Å². The lowest BCUT2D eigenvalue weighted by atomic mass is 9.49. The molecule has 4 aliphatic carbocycles. The van der Waals surface area contributed by atoms with Gasteiger partial charge < -0.3 is 10.6 Å². The van der Waals surface area contributed by atoms with Crippen molar-refractivity contribution in [3.8, 4) is 0 Å². The van der Waals surface area contributed by atoms with Crippen molar-refractivity contribution in [1.29, 1.82) is 0 Å². The molecular formula is C24H35N3O4S. The second-order valence-corrected chi connectivity index (χ2v) is 12.5. The third kappa shape index (κ3) is 4.57. The van der Waals surface area contributed by atoms with Crippen molar-refractivity contribution in [2.75, 3.05) is 20.6 Å². The van der Waals surface area contributed by atoms with Gasteiger partial charge in [0.15, 0.2) is 0 Å².